The van der Waals surface area contributed by atoms with Crippen LogP contribution in [0, 0.1) is 0 Å². The van der Waals surface area contributed by atoms with E-state index in [2.05, 4.69) is 46.0 Å². The van der Waals surface area contributed by atoms with Gasteiger partial charge in [0.2, 0.25) is 0 Å². The van der Waals surface area contributed by atoms with E-state index in [0.717, 1.165) is 41.7 Å². The number of allylic oxidation sites excluding steroid dienone is 2. The Kier molecular flexibility index (Phi) is 11.6. The summed E-state index contributed by atoms with van der Waals surface area (Å²) in [7, 11) is 0. The van der Waals surface area contributed by atoms with E-state index in [1.165, 1.54) is 0 Å². The molecule has 0 saturated carbocycles. The van der Waals surface area contributed by atoms with E-state index in [4.69, 9.17) is 51.5 Å². The van der Waals surface area contributed by atoms with Crippen LogP contribution >= 0.6 is 46.4 Å². The van der Waals surface area contributed by atoms with Gasteiger partial charge in [0.15, 0.2) is 0 Å². The summed E-state index contributed by atoms with van der Waals surface area (Å²) in [5.41, 5.74) is 3.80. The summed E-state index contributed by atoms with van der Waals surface area (Å²) in [5, 5.41) is 24.0. The van der Waals surface area contributed by atoms with Gasteiger partial charge in [0.1, 0.15) is 5.82 Å². The zero-order valence-electron chi connectivity index (χ0n) is 21.2. The van der Waals surface area contributed by atoms with Crippen molar-refractivity contribution in [3.05, 3.63) is 68.4 Å². The number of hydrogen-bond donors (Lipinski definition) is 3. The fourth-order valence-corrected chi connectivity index (χ4v) is 4.99. The average molecular weight is 588 g/mol. The van der Waals surface area contributed by atoms with Crippen molar-refractivity contribution in [3.63, 3.8) is 0 Å². The van der Waals surface area contributed by atoms with Crippen LogP contribution in [0.1, 0.15) is 26.7 Å². The molecular weight excluding hydrogens is 554 g/mol. The second-order valence-electron chi connectivity index (χ2n) is 8.51. The van der Waals surface area contributed by atoms with Crippen molar-refractivity contribution in [2.45, 2.75) is 26.7 Å². The molecule has 1 heterocycles. The molecule has 37 heavy (non-hydrogen) atoms. The first-order chi connectivity index (χ1) is 17.9. The van der Waals surface area contributed by atoms with Crippen molar-refractivity contribution in [2.75, 3.05) is 66.0 Å². The third kappa shape index (κ3) is 7.20. The maximum atomic E-state index is 9.48. The molecule has 0 fully saturated rings. The molecule has 0 aliphatic carbocycles. The summed E-state index contributed by atoms with van der Waals surface area (Å²) in [6, 6.07) is 7.48. The normalized spacial score (nSPS) is 13.0. The third-order valence-corrected chi connectivity index (χ3v) is 7.55. The minimum absolute atomic E-state index is 0.0825. The summed E-state index contributed by atoms with van der Waals surface area (Å²) in [5.74, 6) is 1.05. The molecule has 0 aromatic heterocycles. The summed E-state index contributed by atoms with van der Waals surface area (Å²) in [6.45, 7) is 7.80. The molecule has 0 spiro atoms. The zero-order valence-corrected chi connectivity index (χ0v) is 24.2. The number of aliphatic hydroxyl groups excluding tert-OH is 2. The van der Waals surface area contributed by atoms with Crippen LogP contribution in [0.2, 0.25) is 20.1 Å². The first kappa shape index (κ1) is 29.8. The summed E-state index contributed by atoms with van der Waals surface area (Å²) >= 11 is 25.3. The van der Waals surface area contributed by atoms with E-state index in [1.54, 1.807) is 6.07 Å². The SMILES string of the molecule is CCN1C(=CC=CCN(CCCO)c2cc(Cl)c(Cl)cc2NCCCO)N(CC)c2cc(Cl)c(Cl)cc21. The molecule has 0 radical (unpaired) electrons. The van der Waals surface area contributed by atoms with Crippen LogP contribution in [-0.4, -0.2) is 56.2 Å². The molecule has 0 atom stereocenters. The number of benzene rings is 2. The van der Waals surface area contributed by atoms with Gasteiger partial charge in [-0.1, -0.05) is 58.6 Å². The molecule has 3 N–H and O–H groups in total. The molecule has 1 aliphatic heterocycles. The number of hydrogen-bond acceptors (Lipinski definition) is 6. The van der Waals surface area contributed by atoms with Crippen molar-refractivity contribution < 1.29 is 10.2 Å². The Morgan fingerprint density at radius 3 is 1.97 bits per heavy atom. The van der Waals surface area contributed by atoms with Crippen LogP contribution in [0.5, 0.6) is 0 Å². The second kappa shape index (κ2) is 14.4. The Morgan fingerprint density at radius 1 is 0.838 bits per heavy atom. The van der Waals surface area contributed by atoms with Crippen molar-refractivity contribution in [2.24, 2.45) is 0 Å². The summed E-state index contributed by atoms with van der Waals surface area (Å²) in [6.07, 6.45) is 7.43. The number of aliphatic hydroxyl groups is 2. The molecule has 202 valence electrons. The van der Waals surface area contributed by atoms with Gasteiger partial charge in [-0.05, 0) is 57.0 Å². The highest BCUT2D eigenvalue weighted by Crippen LogP contribution is 2.45. The molecule has 1 aliphatic rings. The Balaban J connectivity index is 1.86. The summed E-state index contributed by atoms with van der Waals surface area (Å²) < 4.78 is 0. The lowest BCUT2D eigenvalue weighted by molar-refractivity contribution is 0.290. The Hall–Kier alpha value is -1.80. The van der Waals surface area contributed by atoms with Gasteiger partial charge < -0.3 is 30.2 Å². The first-order valence-corrected chi connectivity index (χ1v) is 14.0. The molecule has 6 nitrogen and oxygen atoms in total. The highest BCUT2D eigenvalue weighted by Gasteiger charge is 2.30. The number of nitrogens with one attached hydrogen (secondary N) is 1. The number of anilines is 4. The van der Waals surface area contributed by atoms with Crippen LogP contribution in [0.4, 0.5) is 22.7 Å². The van der Waals surface area contributed by atoms with Crippen molar-refractivity contribution in [1.29, 1.82) is 0 Å². The van der Waals surface area contributed by atoms with Gasteiger partial charge in [-0.2, -0.15) is 0 Å². The molecule has 2 aromatic rings. The fraction of sp³-hybridized carbons (Fsp3) is 0.407. The van der Waals surface area contributed by atoms with Crippen molar-refractivity contribution in [3.8, 4) is 0 Å². The fourth-order valence-electron chi connectivity index (χ4n) is 4.35. The van der Waals surface area contributed by atoms with E-state index in [-0.39, 0.29) is 13.2 Å². The molecule has 10 heteroatoms. The first-order valence-electron chi connectivity index (χ1n) is 12.5. The predicted octanol–water partition coefficient (Wildman–Crippen LogP) is 7.05. The van der Waals surface area contributed by atoms with Gasteiger partial charge >= 0.3 is 0 Å². The van der Waals surface area contributed by atoms with E-state index >= 15 is 0 Å². The van der Waals surface area contributed by atoms with Gasteiger partial charge in [0.05, 0.1) is 42.8 Å². The van der Waals surface area contributed by atoms with E-state index in [1.807, 2.05) is 24.3 Å². The van der Waals surface area contributed by atoms with Crippen molar-refractivity contribution >= 4 is 69.2 Å². The highest BCUT2D eigenvalue weighted by atomic mass is 35.5. The average Bonchev–Trinajstić information content (AvgIpc) is 3.17. The van der Waals surface area contributed by atoms with E-state index < -0.39 is 0 Å². The Morgan fingerprint density at radius 2 is 1.41 bits per heavy atom. The van der Waals surface area contributed by atoms with Crippen LogP contribution in [0.15, 0.2) is 48.3 Å². The molecule has 0 bridgehead atoms. The Labute approximate surface area is 239 Å². The van der Waals surface area contributed by atoms with E-state index in [9.17, 15) is 5.11 Å². The lowest BCUT2D eigenvalue weighted by Crippen LogP contribution is -2.28. The maximum Gasteiger partial charge on any atom is 0.113 e. The number of fused-ring (bicyclic) bond motifs is 1. The van der Waals surface area contributed by atoms with Gasteiger partial charge in [0.25, 0.3) is 0 Å². The monoisotopic (exact) mass is 586 g/mol. The van der Waals surface area contributed by atoms with Crippen molar-refractivity contribution in [1.82, 2.24) is 0 Å². The Bertz CT molecular complexity index is 1090. The molecular formula is C27H34Cl4N4O2. The molecule has 3 rings (SSSR count). The third-order valence-electron chi connectivity index (χ3n) is 6.11. The largest absolute Gasteiger partial charge is 0.396 e. The minimum Gasteiger partial charge on any atom is -0.396 e. The predicted molar refractivity (Wildman–Crippen MR) is 160 cm³/mol. The van der Waals surface area contributed by atoms with Crippen LogP contribution in [0.25, 0.3) is 0 Å². The zero-order chi connectivity index (χ0) is 26.9. The van der Waals surface area contributed by atoms with Gasteiger partial charge in [-0.3, -0.25) is 0 Å². The smallest absolute Gasteiger partial charge is 0.113 e. The van der Waals surface area contributed by atoms with Crippen LogP contribution in [-0.2, 0) is 0 Å². The molecule has 2 aromatic carbocycles. The van der Waals surface area contributed by atoms with Gasteiger partial charge in [0, 0.05) is 45.9 Å². The molecule has 0 amide bonds. The summed E-state index contributed by atoms with van der Waals surface area (Å²) in [4.78, 5) is 6.58. The number of rotatable bonds is 13. The lowest BCUT2D eigenvalue weighted by Gasteiger charge is -2.27. The quantitative estimate of drug-likeness (QED) is 0.218. The minimum atomic E-state index is 0.0825. The molecule has 0 saturated heterocycles. The number of halogens is 4. The maximum absolute atomic E-state index is 9.48. The van der Waals surface area contributed by atoms with E-state index in [0.29, 0.717) is 52.6 Å². The standard InChI is InChI=1S/C27H34Cl4N4O2/c1-3-34-25-17-21(30)22(31)18-26(25)35(4-2)27(34)9-5-6-11-33(12-8-14-37)24-16-20(29)19(28)15-23(24)32-10-7-13-36/h5-6,9,15-18,32,36-37H,3-4,7-8,10-14H2,1-2H3. The highest BCUT2D eigenvalue weighted by molar-refractivity contribution is 6.43. The van der Waals surface area contributed by atoms with Crippen LogP contribution in [0.3, 0.4) is 0 Å². The molecule has 0 unspecified atom stereocenters. The topological polar surface area (TPSA) is 62.2 Å². The lowest BCUT2D eigenvalue weighted by atomic mass is 10.2. The van der Waals surface area contributed by atoms with Gasteiger partial charge in [-0.25, -0.2) is 0 Å². The number of nitrogens with zero attached hydrogens (tertiary/aromatic N) is 3. The van der Waals surface area contributed by atoms with Crippen LogP contribution < -0.4 is 20.0 Å². The van der Waals surface area contributed by atoms with Gasteiger partial charge in [-0.15, -0.1) is 0 Å². The second-order valence-corrected chi connectivity index (χ2v) is 10.1.